The van der Waals surface area contributed by atoms with Crippen molar-refractivity contribution < 1.29 is 0 Å². The summed E-state index contributed by atoms with van der Waals surface area (Å²) in [6, 6.07) is 6.26. The molecule has 108 valence electrons. The average Bonchev–Trinajstić information content (AvgIpc) is 2.45. The third-order valence-electron chi connectivity index (χ3n) is 3.32. The van der Waals surface area contributed by atoms with Crippen LogP contribution in [0.5, 0.6) is 0 Å². The molecule has 1 aromatic carbocycles. The summed E-state index contributed by atoms with van der Waals surface area (Å²) < 4.78 is 0. The summed E-state index contributed by atoms with van der Waals surface area (Å²) in [5.74, 6) is 1.02. The van der Waals surface area contributed by atoms with E-state index in [1.54, 1.807) is 0 Å². The van der Waals surface area contributed by atoms with Crippen LogP contribution in [0.2, 0.25) is 0 Å². The topological polar surface area (TPSA) is 38.9 Å². The second-order valence-corrected chi connectivity index (χ2v) is 5.46. The molecule has 0 amide bonds. The molecule has 0 unspecified atom stereocenters. The molecule has 0 bridgehead atoms. The van der Waals surface area contributed by atoms with Crippen LogP contribution in [0.1, 0.15) is 26.3 Å². The van der Waals surface area contributed by atoms with Gasteiger partial charge >= 0.3 is 0 Å². The van der Waals surface area contributed by atoms with Gasteiger partial charge in [0.25, 0.3) is 0 Å². The molecule has 2 aromatic rings. The third kappa shape index (κ3) is 3.40. The van der Waals surface area contributed by atoms with E-state index < -0.39 is 0 Å². The molecule has 0 atom stereocenters. The number of anilines is 1. The Morgan fingerprint density at radius 3 is 2.71 bits per heavy atom. The maximum absolute atomic E-state index is 6.00. The van der Waals surface area contributed by atoms with Crippen LogP contribution in [0.25, 0.3) is 29.6 Å². The molecule has 1 heterocycles. The standard InChI is InChI=1S/C19H22N2/c1-5-6-7-16-14(4)19(20)21-18-12-15(9-8-13(2)3)10-11-17(16)18/h5-13H,4H2,1-3H3,(H2,20,21)/b6-5-,9-8+,16-7+. The Bertz CT molecular complexity index is 812. The molecule has 0 fully saturated rings. The number of nitrogen functional groups attached to an aromatic ring is 1. The van der Waals surface area contributed by atoms with E-state index in [2.05, 4.69) is 55.8 Å². The molecule has 0 aliphatic rings. The highest BCUT2D eigenvalue weighted by molar-refractivity contribution is 5.84. The lowest BCUT2D eigenvalue weighted by Crippen LogP contribution is -2.28. The molecule has 0 spiro atoms. The smallest absolute Gasteiger partial charge is 0.131 e. The Kier molecular flexibility index (Phi) is 4.59. The fourth-order valence-corrected chi connectivity index (χ4v) is 2.16. The van der Waals surface area contributed by atoms with Crippen LogP contribution in [0.3, 0.4) is 0 Å². The van der Waals surface area contributed by atoms with Crippen LogP contribution >= 0.6 is 0 Å². The van der Waals surface area contributed by atoms with Gasteiger partial charge in [0, 0.05) is 10.6 Å². The lowest BCUT2D eigenvalue weighted by atomic mass is 10.1. The average molecular weight is 278 g/mol. The molecule has 2 nitrogen and oxygen atoms in total. The first-order valence-corrected chi connectivity index (χ1v) is 7.22. The van der Waals surface area contributed by atoms with Crippen LogP contribution in [-0.2, 0) is 0 Å². The molecule has 2 rings (SSSR count). The Morgan fingerprint density at radius 1 is 1.29 bits per heavy atom. The van der Waals surface area contributed by atoms with Crippen molar-refractivity contribution in [3.63, 3.8) is 0 Å². The SMILES string of the molecule is C=c1c(N)nc2cc(/C=C/C(C)C)ccc2/c1=C/C=C\C. The number of nitrogens with zero attached hydrogens (tertiary/aromatic N) is 1. The second kappa shape index (κ2) is 6.40. The van der Waals surface area contributed by atoms with Gasteiger partial charge in [-0.15, -0.1) is 0 Å². The quantitative estimate of drug-likeness (QED) is 0.936. The van der Waals surface area contributed by atoms with Crippen LogP contribution in [0.4, 0.5) is 5.82 Å². The van der Waals surface area contributed by atoms with Crippen molar-refractivity contribution in [1.82, 2.24) is 4.98 Å². The largest absolute Gasteiger partial charge is 0.383 e. The van der Waals surface area contributed by atoms with Crippen LogP contribution in [0.15, 0.2) is 36.4 Å². The van der Waals surface area contributed by atoms with Crippen molar-refractivity contribution in [3.8, 4) is 0 Å². The molecule has 0 aliphatic carbocycles. The number of allylic oxidation sites excluding steroid dienone is 3. The number of aromatic nitrogens is 1. The predicted molar refractivity (Wildman–Crippen MR) is 94.1 cm³/mol. The summed E-state index contributed by atoms with van der Waals surface area (Å²) in [7, 11) is 0. The van der Waals surface area contributed by atoms with E-state index in [0.717, 1.165) is 26.9 Å². The zero-order valence-corrected chi connectivity index (χ0v) is 12.9. The lowest BCUT2D eigenvalue weighted by molar-refractivity contribution is 0.836. The van der Waals surface area contributed by atoms with Gasteiger partial charge in [-0.1, -0.05) is 62.9 Å². The van der Waals surface area contributed by atoms with Crippen molar-refractivity contribution in [2.75, 3.05) is 5.73 Å². The molecule has 1 aromatic heterocycles. The van der Waals surface area contributed by atoms with Gasteiger partial charge in [-0.05, 0) is 29.7 Å². The Labute approximate surface area is 126 Å². The molecule has 2 heteroatoms. The maximum Gasteiger partial charge on any atom is 0.131 e. The van der Waals surface area contributed by atoms with Gasteiger partial charge in [0.05, 0.1) is 5.52 Å². The fraction of sp³-hybridized carbons (Fsp3) is 0.211. The zero-order chi connectivity index (χ0) is 15.4. The van der Waals surface area contributed by atoms with E-state index >= 15 is 0 Å². The summed E-state index contributed by atoms with van der Waals surface area (Å²) >= 11 is 0. The van der Waals surface area contributed by atoms with Crippen LogP contribution in [-0.4, -0.2) is 4.98 Å². The summed E-state index contributed by atoms with van der Waals surface area (Å²) in [5, 5.41) is 2.90. The summed E-state index contributed by atoms with van der Waals surface area (Å²) in [5.41, 5.74) is 8.04. The molecule has 21 heavy (non-hydrogen) atoms. The number of hydrogen-bond acceptors (Lipinski definition) is 2. The van der Waals surface area contributed by atoms with E-state index in [0.29, 0.717) is 11.7 Å². The fourth-order valence-electron chi connectivity index (χ4n) is 2.16. The molecule has 0 radical (unpaired) electrons. The minimum absolute atomic E-state index is 0.489. The van der Waals surface area contributed by atoms with E-state index in [4.69, 9.17) is 5.73 Å². The summed E-state index contributed by atoms with van der Waals surface area (Å²) in [6.07, 6.45) is 10.3. The molecular weight excluding hydrogens is 256 g/mol. The van der Waals surface area contributed by atoms with E-state index in [9.17, 15) is 0 Å². The minimum Gasteiger partial charge on any atom is -0.383 e. The van der Waals surface area contributed by atoms with Gasteiger partial charge in [0.1, 0.15) is 5.82 Å². The number of benzene rings is 1. The second-order valence-electron chi connectivity index (χ2n) is 5.46. The number of hydrogen-bond donors (Lipinski definition) is 1. The van der Waals surface area contributed by atoms with Gasteiger partial charge in [-0.2, -0.15) is 0 Å². The lowest BCUT2D eigenvalue weighted by Gasteiger charge is -2.04. The molecule has 0 aliphatic heterocycles. The molecule has 0 saturated carbocycles. The third-order valence-corrected chi connectivity index (χ3v) is 3.32. The van der Waals surface area contributed by atoms with Crippen molar-refractivity contribution in [2.24, 2.45) is 5.92 Å². The number of fused-ring (bicyclic) bond motifs is 1. The first kappa shape index (κ1) is 15.0. The number of pyridine rings is 1. The minimum atomic E-state index is 0.489. The van der Waals surface area contributed by atoms with Crippen molar-refractivity contribution in [3.05, 3.63) is 52.4 Å². The molecule has 0 saturated heterocycles. The first-order chi connectivity index (χ1) is 10.0. The Balaban J connectivity index is 2.71. The zero-order valence-electron chi connectivity index (χ0n) is 12.9. The van der Waals surface area contributed by atoms with Crippen LogP contribution in [0, 0.1) is 5.92 Å². The number of nitrogens with two attached hydrogens (primary N) is 1. The predicted octanol–water partition coefficient (Wildman–Crippen LogP) is 3.25. The van der Waals surface area contributed by atoms with Gasteiger partial charge in [0.2, 0.25) is 0 Å². The Hall–Kier alpha value is -2.35. The molecule has 2 N–H and O–H groups in total. The molecular formula is C19H22N2. The van der Waals surface area contributed by atoms with Crippen molar-refractivity contribution >= 4 is 35.5 Å². The van der Waals surface area contributed by atoms with Crippen molar-refractivity contribution in [1.29, 1.82) is 0 Å². The van der Waals surface area contributed by atoms with Gasteiger partial charge < -0.3 is 5.73 Å². The van der Waals surface area contributed by atoms with E-state index in [1.807, 2.05) is 25.2 Å². The first-order valence-electron chi connectivity index (χ1n) is 7.22. The van der Waals surface area contributed by atoms with Gasteiger partial charge in [0.15, 0.2) is 0 Å². The highest BCUT2D eigenvalue weighted by Gasteiger charge is 2.02. The summed E-state index contributed by atoms with van der Waals surface area (Å²) in [6.45, 7) is 10.3. The Morgan fingerprint density at radius 2 is 2.05 bits per heavy atom. The monoisotopic (exact) mass is 278 g/mol. The van der Waals surface area contributed by atoms with E-state index in [1.165, 1.54) is 0 Å². The van der Waals surface area contributed by atoms with Gasteiger partial charge in [-0.25, -0.2) is 4.98 Å². The highest BCUT2D eigenvalue weighted by atomic mass is 14.8. The van der Waals surface area contributed by atoms with Crippen LogP contribution < -0.4 is 16.2 Å². The summed E-state index contributed by atoms with van der Waals surface area (Å²) in [4.78, 5) is 4.47. The maximum atomic E-state index is 6.00. The van der Waals surface area contributed by atoms with Gasteiger partial charge in [-0.3, -0.25) is 0 Å². The highest BCUT2D eigenvalue weighted by Crippen LogP contribution is 2.13. The van der Waals surface area contributed by atoms with E-state index in [-0.39, 0.29) is 0 Å². The number of rotatable bonds is 3. The normalized spacial score (nSPS) is 13.2. The van der Waals surface area contributed by atoms with Crippen molar-refractivity contribution in [2.45, 2.75) is 20.8 Å².